The van der Waals surface area contributed by atoms with Gasteiger partial charge in [0.2, 0.25) is 11.8 Å². The fourth-order valence-corrected chi connectivity index (χ4v) is 2.37. The largest absolute Gasteiger partial charge is 0.366 e. The van der Waals surface area contributed by atoms with E-state index in [0.717, 1.165) is 0 Å². The molecule has 0 saturated carbocycles. The number of anilines is 1. The molecule has 2 aromatic rings. The van der Waals surface area contributed by atoms with Crippen LogP contribution >= 0.6 is 0 Å². The van der Waals surface area contributed by atoms with Gasteiger partial charge in [0.25, 0.3) is 5.91 Å². The Labute approximate surface area is 150 Å². The normalized spacial score (nSPS) is 11.7. The zero-order chi connectivity index (χ0) is 19.3. The minimum absolute atomic E-state index is 0.137. The Morgan fingerprint density at radius 2 is 1.73 bits per heavy atom. The van der Waals surface area contributed by atoms with Crippen molar-refractivity contribution in [1.82, 2.24) is 5.32 Å². The van der Waals surface area contributed by atoms with Crippen molar-refractivity contribution in [1.29, 1.82) is 0 Å². The van der Waals surface area contributed by atoms with Gasteiger partial charge in [-0.1, -0.05) is 32.0 Å². The first-order valence-electron chi connectivity index (χ1n) is 8.05. The van der Waals surface area contributed by atoms with E-state index in [-0.39, 0.29) is 17.0 Å². The molecule has 0 spiro atoms. The van der Waals surface area contributed by atoms with Crippen LogP contribution in [0.3, 0.4) is 0 Å². The zero-order valence-electron chi connectivity index (χ0n) is 14.5. The summed E-state index contributed by atoms with van der Waals surface area (Å²) in [6.45, 7) is 3.51. The number of amides is 3. The summed E-state index contributed by atoms with van der Waals surface area (Å²) >= 11 is 0. The van der Waals surface area contributed by atoms with Gasteiger partial charge < -0.3 is 16.4 Å². The predicted octanol–water partition coefficient (Wildman–Crippen LogP) is 2.32. The summed E-state index contributed by atoms with van der Waals surface area (Å²) in [5.74, 6) is -2.68. The number of primary amides is 1. The Hall–Kier alpha value is -3.22. The van der Waals surface area contributed by atoms with Crippen molar-refractivity contribution in [2.45, 2.75) is 19.9 Å². The third kappa shape index (κ3) is 4.66. The SMILES string of the molecule is CC(C)C(NC(=O)c1ccccc1F)C(=O)Nc1cccc(C(N)=O)c1. The maximum atomic E-state index is 13.8. The quantitative estimate of drug-likeness (QED) is 0.739. The van der Waals surface area contributed by atoms with Gasteiger partial charge in [0, 0.05) is 11.3 Å². The highest BCUT2D eigenvalue weighted by atomic mass is 19.1. The summed E-state index contributed by atoms with van der Waals surface area (Å²) in [7, 11) is 0. The summed E-state index contributed by atoms with van der Waals surface area (Å²) in [5.41, 5.74) is 5.71. The van der Waals surface area contributed by atoms with Crippen LogP contribution in [0.25, 0.3) is 0 Å². The first-order valence-corrected chi connectivity index (χ1v) is 8.05. The molecule has 1 unspecified atom stereocenters. The monoisotopic (exact) mass is 357 g/mol. The molecule has 0 fully saturated rings. The Morgan fingerprint density at radius 3 is 2.35 bits per heavy atom. The van der Waals surface area contributed by atoms with Crippen LogP contribution in [0.5, 0.6) is 0 Å². The minimum atomic E-state index is -0.889. The van der Waals surface area contributed by atoms with Crippen LogP contribution in [0, 0.1) is 11.7 Å². The Balaban J connectivity index is 2.15. The van der Waals surface area contributed by atoms with E-state index in [9.17, 15) is 18.8 Å². The van der Waals surface area contributed by atoms with Gasteiger partial charge in [-0.25, -0.2) is 4.39 Å². The van der Waals surface area contributed by atoms with Gasteiger partial charge in [0.05, 0.1) is 5.56 Å². The standard InChI is InChI=1S/C19H20FN3O3/c1-11(2)16(23-18(25)14-8-3-4-9-15(14)20)19(26)22-13-7-5-6-12(10-13)17(21)24/h3-11,16H,1-2H3,(H2,21,24)(H,22,26)(H,23,25). The van der Waals surface area contributed by atoms with Crippen molar-refractivity contribution < 1.29 is 18.8 Å². The average Bonchev–Trinajstić information content (AvgIpc) is 2.59. The second kappa shape index (κ2) is 8.24. The van der Waals surface area contributed by atoms with Gasteiger partial charge in [-0.05, 0) is 36.2 Å². The Kier molecular flexibility index (Phi) is 6.06. The first kappa shape index (κ1) is 19.1. The molecule has 4 N–H and O–H groups in total. The molecule has 1 atom stereocenters. The fraction of sp³-hybridized carbons (Fsp3) is 0.211. The molecule has 6 nitrogen and oxygen atoms in total. The summed E-state index contributed by atoms with van der Waals surface area (Å²) in [6, 6.07) is 10.8. The zero-order valence-corrected chi connectivity index (χ0v) is 14.5. The van der Waals surface area contributed by atoms with Gasteiger partial charge >= 0.3 is 0 Å². The number of nitrogens with two attached hydrogens (primary N) is 1. The molecule has 2 rings (SSSR count). The summed E-state index contributed by atoms with van der Waals surface area (Å²) in [6.07, 6.45) is 0. The highest BCUT2D eigenvalue weighted by Gasteiger charge is 2.25. The van der Waals surface area contributed by atoms with Crippen LogP contribution in [0.1, 0.15) is 34.6 Å². The number of hydrogen-bond donors (Lipinski definition) is 3. The molecule has 0 radical (unpaired) electrons. The van der Waals surface area contributed by atoms with E-state index in [1.54, 1.807) is 26.0 Å². The van der Waals surface area contributed by atoms with Crippen LogP contribution < -0.4 is 16.4 Å². The first-order chi connectivity index (χ1) is 12.3. The number of carbonyl (C=O) groups excluding carboxylic acids is 3. The van der Waals surface area contributed by atoms with E-state index >= 15 is 0 Å². The van der Waals surface area contributed by atoms with E-state index in [1.807, 2.05) is 0 Å². The summed E-state index contributed by atoms with van der Waals surface area (Å²) < 4.78 is 13.8. The van der Waals surface area contributed by atoms with Crippen LogP contribution in [-0.2, 0) is 4.79 Å². The molecule has 0 aliphatic carbocycles. The van der Waals surface area contributed by atoms with E-state index in [0.29, 0.717) is 5.69 Å². The van der Waals surface area contributed by atoms with Crippen molar-refractivity contribution in [2.24, 2.45) is 11.7 Å². The lowest BCUT2D eigenvalue weighted by molar-refractivity contribution is -0.118. The highest BCUT2D eigenvalue weighted by molar-refractivity contribution is 6.02. The van der Waals surface area contributed by atoms with Crippen molar-refractivity contribution in [3.8, 4) is 0 Å². The molecule has 136 valence electrons. The molecular formula is C19H20FN3O3. The lowest BCUT2D eigenvalue weighted by atomic mass is 10.0. The van der Waals surface area contributed by atoms with E-state index in [4.69, 9.17) is 5.73 Å². The van der Waals surface area contributed by atoms with Gasteiger partial charge in [-0.15, -0.1) is 0 Å². The Bertz CT molecular complexity index is 836. The minimum Gasteiger partial charge on any atom is -0.366 e. The smallest absolute Gasteiger partial charge is 0.254 e. The van der Waals surface area contributed by atoms with Crippen molar-refractivity contribution in [3.05, 3.63) is 65.5 Å². The predicted molar refractivity (Wildman–Crippen MR) is 96.1 cm³/mol. The molecule has 0 bridgehead atoms. The molecule has 0 heterocycles. The molecule has 0 aliphatic heterocycles. The second-order valence-electron chi connectivity index (χ2n) is 6.11. The summed E-state index contributed by atoms with van der Waals surface area (Å²) in [4.78, 5) is 36.1. The van der Waals surface area contributed by atoms with E-state index < -0.39 is 29.6 Å². The number of carbonyl (C=O) groups is 3. The molecule has 26 heavy (non-hydrogen) atoms. The van der Waals surface area contributed by atoms with Crippen molar-refractivity contribution in [2.75, 3.05) is 5.32 Å². The van der Waals surface area contributed by atoms with Crippen molar-refractivity contribution in [3.63, 3.8) is 0 Å². The fourth-order valence-electron chi connectivity index (χ4n) is 2.37. The summed E-state index contributed by atoms with van der Waals surface area (Å²) in [5, 5.41) is 5.18. The molecule has 0 aliphatic rings. The molecular weight excluding hydrogens is 337 g/mol. The third-order valence-electron chi connectivity index (χ3n) is 3.77. The van der Waals surface area contributed by atoms with E-state index in [1.165, 1.54) is 36.4 Å². The van der Waals surface area contributed by atoms with Crippen LogP contribution in [0.4, 0.5) is 10.1 Å². The average molecular weight is 357 g/mol. The lowest BCUT2D eigenvalue weighted by Gasteiger charge is -2.22. The topological polar surface area (TPSA) is 101 Å². The number of rotatable bonds is 6. The molecule has 2 aromatic carbocycles. The van der Waals surface area contributed by atoms with Gasteiger partial charge in [0.1, 0.15) is 11.9 Å². The third-order valence-corrected chi connectivity index (χ3v) is 3.77. The second-order valence-corrected chi connectivity index (χ2v) is 6.11. The van der Waals surface area contributed by atoms with Crippen LogP contribution in [0.15, 0.2) is 48.5 Å². The molecule has 3 amide bonds. The van der Waals surface area contributed by atoms with Gasteiger partial charge in [0.15, 0.2) is 0 Å². The van der Waals surface area contributed by atoms with Gasteiger partial charge in [-0.3, -0.25) is 14.4 Å². The maximum absolute atomic E-state index is 13.8. The lowest BCUT2D eigenvalue weighted by Crippen LogP contribution is -2.47. The molecule has 0 aromatic heterocycles. The van der Waals surface area contributed by atoms with E-state index in [2.05, 4.69) is 10.6 Å². The molecule has 0 saturated heterocycles. The van der Waals surface area contributed by atoms with Crippen LogP contribution in [-0.4, -0.2) is 23.8 Å². The Morgan fingerprint density at radius 1 is 1.04 bits per heavy atom. The maximum Gasteiger partial charge on any atom is 0.254 e. The number of nitrogens with one attached hydrogen (secondary N) is 2. The van der Waals surface area contributed by atoms with Crippen LogP contribution in [0.2, 0.25) is 0 Å². The molecule has 7 heteroatoms. The number of halogens is 1. The highest BCUT2D eigenvalue weighted by Crippen LogP contribution is 2.13. The number of benzene rings is 2. The number of hydrogen-bond acceptors (Lipinski definition) is 3. The van der Waals surface area contributed by atoms with Gasteiger partial charge in [-0.2, -0.15) is 0 Å². The van der Waals surface area contributed by atoms with Crippen molar-refractivity contribution >= 4 is 23.4 Å².